The number of nitrogens with two attached hydrogens (primary N) is 2. The Morgan fingerprint density at radius 3 is 2.62 bits per heavy atom. The van der Waals surface area contributed by atoms with E-state index in [1.54, 1.807) is 11.3 Å². The van der Waals surface area contributed by atoms with Gasteiger partial charge in [-0.15, -0.1) is 11.3 Å². The highest BCUT2D eigenvalue weighted by atomic mass is 32.1. The summed E-state index contributed by atoms with van der Waals surface area (Å²) in [5.74, 6) is 1.61. The SMILES string of the molecule is CC(C)Cn1c(-c2nc3ccccc3s2)nc2c(N)nc(N)nc21. The molecule has 4 rings (SSSR count). The van der Waals surface area contributed by atoms with Crippen LogP contribution in [0.3, 0.4) is 0 Å². The number of hydrogen-bond donors (Lipinski definition) is 2. The van der Waals surface area contributed by atoms with Gasteiger partial charge >= 0.3 is 0 Å². The standard InChI is InChI=1S/C16H17N7S/c1-8(2)7-23-13-11(12(17)21-16(18)22-13)20-14(23)15-19-9-5-3-4-6-10(9)24-15/h3-6,8H,7H2,1-2H3,(H4,17,18,21,22). The average molecular weight is 339 g/mol. The molecule has 122 valence electrons. The summed E-state index contributed by atoms with van der Waals surface area (Å²) < 4.78 is 3.15. The molecule has 0 spiro atoms. The van der Waals surface area contributed by atoms with Gasteiger partial charge in [0, 0.05) is 6.54 Å². The normalized spacial score (nSPS) is 11.8. The molecule has 24 heavy (non-hydrogen) atoms. The van der Waals surface area contributed by atoms with Crippen molar-refractivity contribution < 1.29 is 0 Å². The van der Waals surface area contributed by atoms with Crippen LogP contribution in [-0.4, -0.2) is 24.5 Å². The maximum atomic E-state index is 6.00. The number of nitrogens with zero attached hydrogens (tertiary/aromatic N) is 5. The predicted octanol–water partition coefficient (Wildman–Crippen LogP) is 2.92. The topological polar surface area (TPSA) is 109 Å². The van der Waals surface area contributed by atoms with Crippen molar-refractivity contribution in [1.29, 1.82) is 0 Å². The first kappa shape index (κ1) is 14.8. The number of anilines is 2. The van der Waals surface area contributed by atoms with Gasteiger partial charge in [0.05, 0.1) is 10.2 Å². The molecule has 3 aromatic heterocycles. The first-order valence-corrected chi connectivity index (χ1v) is 8.49. The van der Waals surface area contributed by atoms with Gasteiger partial charge in [-0.2, -0.15) is 9.97 Å². The fourth-order valence-corrected chi connectivity index (χ4v) is 3.67. The van der Waals surface area contributed by atoms with Gasteiger partial charge in [0.2, 0.25) is 5.95 Å². The Labute approximate surface area is 142 Å². The minimum atomic E-state index is 0.153. The van der Waals surface area contributed by atoms with E-state index in [0.717, 1.165) is 27.6 Å². The van der Waals surface area contributed by atoms with E-state index in [4.69, 9.17) is 16.5 Å². The molecule has 0 fully saturated rings. The maximum Gasteiger partial charge on any atom is 0.224 e. The molecule has 0 aliphatic rings. The molecule has 0 atom stereocenters. The monoisotopic (exact) mass is 339 g/mol. The smallest absolute Gasteiger partial charge is 0.224 e. The number of fused-ring (bicyclic) bond motifs is 2. The third-order valence-electron chi connectivity index (χ3n) is 3.67. The van der Waals surface area contributed by atoms with Gasteiger partial charge in [0.25, 0.3) is 0 Å². The molecule has 1 aromatic carbocycles. The second kappa shape index (κ2) is 5.41. The zero-order valence-electron chi connectivity index (χ0n) is 13.4. The molecule has 4 N–H and O–H groups in total. The van der Waals surface area contributed by atoms with Gasteiger partial charge in [0.15, 0.2) is 27.8 Å². The molecule has 8 heteroatoms. The predicted molar refractivity (Wildman–Crippen MR) is 97.6 cm³/mol. The highest BCUT2D eigenvalue weighted by Gasteiger charge is 2.20. The van der Waals surface area contributed by atoms with Crippen LogP contribution in [0.5, 0.6) is 0 Å². The van der Waals surface area contributed by atoms with E-state index in [1.807, 2.05) is 22.8 Å². The summed E-state index contributed by atoms with van der Waals surface area (Å²) in [7, 11) is 0. The minimum Gasteiger partial charge on any atom is -0.382 e. The molecule has 7 nitrogen and oxygen atoms in total. The van der Waals surface area contributed by atoms with Crippen molar-refractivity contribution in [1.82, 2.24) is 24.5 Å². The number of para-hydroxylation sites is 1. The molecule has 0 saturated heterocycles. The Balaban J connectivity index is 2.01. The van der Waals surface area contributed by atoms with E-state index in [-0.39, 0.29) is 5.95 Å². The first-order chi connectivity index (χ1) is 11.5. The largest absolute Gasteiger partial charge is 0.382 e. The Kier molecular flexibility index (Phi) is 3.34. The molecule has 0 amide bonds. The van der Waals surface area contributed by atoms with Crippen molar-refractivity contribution in [2.75, 3.05) is 11.5 Å². The van der Waals surface area contributed by atoms with Gasteiger partial charge in [-0.3, -0.25) is 0 Å². The van der Waals surface area contributed by atoms with E-state index in [1.165, 1.54) is 0 Å². The summed E-state index contributed by atoms with van der Waals surface area (Å²) in [5, 5.41) is 0.841. The molecule has 0 aliphatic carbocycles. The van der Waals surface area contributed by atoms with Gasteiger partial charge in [0.1, 0.15) is 0 Å². The second-order valence-corrected chi connectivity index (χ2v) is 7.10. The van der Waals surface area contributed by atoms with Gasteiger partial charge in [-0.1, -0.05) is 26.0 Å². The lowest BCUT2D eigenvalue weighted by molar-refractivity contribution is 0.534. The maximum absolute atomic E-state index is 6.00. The Hall–Kier alpha value is -2.74. The Morgan fingerprint density at radius 1 is 1.08 bits per heavy atom. The number of imidazole rings is 1. The molecular formula is C16H17N7S. The van der Waals surface area contributed by atoms with E-state index in [0.29, 0.717) is 22.9 Å². The van der Waals surface area contributed by atoms with Crippen LogP contribution in [0.15, 0.2) is 24.3 Å². The highest BCUT2D eigenvalue weighted by Crippen LogP contribution is 2.33. The summed E-state index contributed by atoms with van der Waals surface area (Å²) in [6.07, 6.45) is 0. The zero-order valence-corrected chi connectivity index (χ0v) is 14.2. The second-order valence-electron chi connectivity index (χ2n) is 6.07. The van der Waals surface area contributed by atoms with Crippen LogP contribution >= 0.6 is 11.3 Å². The molecule has 3 heterocycles. The summed E-state index contributed by atoms with van der Waals surface area (Å²) in [6, 6.07) is 8.04. The highest BCUT2D eigenvalue weighted by molar-refractivity contribution is 7.21. The fourth-order valence-electron chi connectivity index (χ4n) is 2.71. The third kappa shape index (κ3) is 2.35. The van der Waals surface area contributed by atoms with Crippen LogP contribution in [0.2, 0.25) is 0 Å². The molecule has 0 unspecified atom stereocenters. The fraction of sp³-hybridized carbons (Fsp3) is 0.250. The molecule has 4 aromatic rings. The Bertz CT molecular complexity index is 1010. The van der Waals surface area contributed by atoms with Crippen LogP contribution in [-0.2, 0) is 6.54 Å². The average Bonchev–Trinajstić information content (AvgIpc) is 3.09. The van der Waals surface area contributed by atoms with Crippen molar-refractivity contribution in [3.05, 3.63) is 24.3 Å². The number of benzene rings is 1. The van der Waals surface area contributed by atoms with Crippen LogP contribution in [0.1, 0.15) is 13.8 Å². The van der Waals surface area contributed by atoms with E-state index in [9.17, 15) is 0 Å². The lowest BCUT2D eigenvalue weighted by atomic mass is 10.2. The number of rotatable bonds is 3. The van der Waals surface area contributed by atoms with Crippen molar-refractivity contribution in [3.63, 3.8) is 0 Å². The summed E-state index contributed by atoms with van der Waals surface area (Å²) in [5.41, 5.74) is 14.0. The molecule has 0 bridgehead atoms. The quantitative estimate of drug-likeness (QED) is 0.594. The van der Waals surface area contributed by atoms with Crippen LogP contribution in [0.4, 0.5) is 11.8 Å². The summed E-state index contributed by atoms with van der Waals surface area (Å²) >= 11 is 1.60. The lowest BCUT2D eigenvalue weighted by Gasteiger charge is -2.09. The van der Waals surface area contributed by atoms with Crippen molar-refractivity contribution in [2.24, 2.45) is 5.92 Å². The number of aromatic nitrogens is 5. The lowest BCUT2D eigenvalue weighted by Crippen LogP contribution is -2.08. The Morgan fingerprint density at radius 2 is 1.88 bits per heavy atom. The number of hydrogen-bond acceptors (Lipinski definition) is 7. The molecule has 0 saturated carbocycles. The third-order valence-corrected chi connectivity index (χ3v) is 4.70. The summed E-state index contributed by atoms with van der Waals surface area (Å²) in [4.78, 5) is 17.8. The molecular weight excluding hydrogens is 322 g/mol. The summed E-state index contributed by atoms with van der Waals surface area (Å²) in [6.45, 7) is 5.03. The van der Waals surface area contributed by atoms with Crippen molar-refractivity contribution in [3.8, 4) is 10.8 Å². The van der Waals surface area contributed by atoms with E-state index >= 15 is 0 Å². The van der Waals surface area contributed by atoms with E-state index < -0.39 is 0 Å². The van der Waals surface area contributed by atoms with Gasteiger partial charge in [-0.25, -0.2) is 9.97 Å². The van der Waals surface area contributed by atoms with Crippen LogP contribution < -0.4 is 11.5 Å². The van der Waals surface area contributed by atoms with Crippen molar-refractivity contribution >= 4 is 44.5 Å². The minimum absolute atomic E-state index is 0.153. The van der Waals surface area contributed by atoms with E-state index in [2.05, 4.69) is 34.9 Å². The molecule has 0 radical (unpaired) electrons. The number of thiazole rings is 1. The van der Waals surface area contributed by atoms with Crippen molar-refractivity contribution in [2.45, 2.75) is 20.4 Å². The van der Waals surface area contributed by atoms with Gasteiger partial charge < -0.3 is 16.0 Å². The van der Waals surface area contributed by atoms with Crippen LogP contribution in [0.25, 0.3) is 32.2 Å². The molecule has 0 aliphatic heterocycles. The van der Waals surface area contributed by atoms with Crippen LogP contribution in [0, 0.1) is 5.92 Å². The first-order valence-electron chi connectivity index (χ1n) is 7.68. The van der Waals surface area contributed by atoms with Gasteiger partial charge in [-0.05, 0) is 18.1 Å². The zero-order chi connectivity index (χ0) is 16.8. The number of nitrogen functional groups attached to an aromatic ring is 2.